The van der Waals surface area contributed by atoms with Crippen molar-refractivity contribution in [2.24, 2.45) is 0 Å². The van der Waals surface area contributed by atoms with Crippen molar-refractivity contribution >= 4 is 23.6 Å². The zero-order chi connectivity index (χ0) is 26.0. The molecule has 0 aromatic heterocycles. The maximum absolute atomic E-state index is 13.5. The summed E-state index contributed by atoms with van der Waals surface area (Å²) in [6.07, 6.45) is 3.48. The predicted molar refractivity (Wildman–Crippen MR) is 146 cm³/mol. The highest BCUT2D eigenvalue weighted by atomic mass is 19.1. The zero-order valence-electron chi connectivity index (χ0n) is 20.7. The quantitative estimate of drug-likeness (QED) is 0.272. The van der Waals surface area contributed by atoms with Crippen molar-refractivity contribution in [3.8, 4) is 0 Å². The van der Waals surface area contributed by atoms with E-state index in [2.05, 4.69) is 5.32 Å². The lowest BCUT2D eigenvalue weighted by molar-refractivity contribution is -0.121. The molecule has 0 heterocycles. The normalized spacial score (nSPS) is 11.7. The molecule has 37 heavy (non-hydrogen) atoms. The summed E-state index contributed by atoms with van der Waals surface area (Å²) in [5.41, 5.74) is 4.19. The van der Waals surface area contributed by atoms with E-state index in [-0.39, 0.29) is 36.6 Å². The topological polar surface area (TPSA) is 49.4 Å². The lowest BCUT2D eigenvalue weighted by atomic mass is 10.1. The number of carbonyl (C=O) groups is 2. The molecule has 1 unspecified atom stereocenters. The smallest absolute Gasteiger partial charge is 0.251 e. The first-order valence-electron chi connectivity index (χ1n) is 12.2. The molecule has 2 amide bonds. The van der Waals surface area contributed by atoms with Crippen LogP contribution in [0.1, 0.15) is 35.2 Å². The molecule has 0 aliphatic rings. The van der Waals surface area contributed by atoms with Crippen molar-refractivity contribution < 1.29 is 14.0 Å². The minimum absolute atomic E-state index is 0.103. The molecule has 0 aliphatic carbocycles. The Morgan fingerprint density at radius 3 is 2.22 bits per heavy atom. The molecule has 0 saturated heterocycles. The number of halogens is 1. The summed E-state index contributed by atoms with van der Waals surface area (Å²) in [4.78, 5) is 27.7. The van der Waals surface area contributed by atoms with Crippen LogP contribution in [0.25, 0.3) is 6.08 Å². The number of rotatable bonds is 9. The Labute approximate surface area is 217 Å². The van der Waals surface area contributed by atoms with Gasteiger partial charge in [0, 0.05) is 11.8 Å². The van der Waals surface area contributed by atoms with Crippen LogP contribution in [0.15, 0.2) is 115 Å². The molecule has 4 rings (SSSR count). The monoisotopic (exact) mass is 492 g/mol. The van der Waals surface area contributed by atoms with Gasteiger partial charge in [-0.1, -0.05) is 84.9 Å². The second-order valence-electron chi connectivity index (χ2n) is 8.84. The van der Waals surface area contributed by atoms with E-state index in [9.17, 15) is 14.0 Å². The molecule has 0 fully saturated rings. The van der Waals surface area contributed by atoms with Crippen molar-refractivity contribution in [3.63, 3.8) is 0 Å². The number of nitrogens with one attached hydrogen (secondary N) is 1. The van der Waals surface area contributed by atoms with E-state index in [1.165, 1.54) is 18.2 Å². The summed E-state index contributed by atoms with van der Waals surface area (Å²) in [5, 5.41) is 3.03. The molecule has 4 nitrogen and oxygen atoms in total. The van der Waals surface area contributed by atoms with Gasteiger partial charge >= 0.3 is 0 Å². The first-order chi connectivity index (χ1) is 18.0. The Morgan fingerprint density at radius 2 is 1.51 bits per heavy atom. The van der Waals surface area contributed by atoms with Gasteiger partial charge in [0.2, 0.25) is 5.91 Å². The van der Waals surface area contributed by atoms with Crippen LogP contribution in [0.5, 0.6) is 0 Å². The van der Waals surface area contributed by atoms with Crippen LogP contribution in [-0.2, 0) is 22.6 Å². The van der Waals surface area contributed by atoms with Gasteiger partial charge in [0.15, 0.2) is 0 Å². The number of anilines is 1. The molecule has 1 atom stereocenters. The summed E-state index contributed by atoms with van der Waals surface area (Å²) in [5.74, 6) is -0.648. The molecular weight excluding hydrogens is 463 g/mol. The number of hydrogen-bond donors (Lipinski definition) is 1. The Hall–Kier alpha value is -4.51. The predicted octanol–water partition coefficient (Wildman–Crippen LogP) is 6.49. The highest BCUT2D eigenvalue weighted by Gasteiger charge is 2.16. The first-order valence-corrected chi connectivity index (χ1v) is 12.2. The van der Waals surface area contributed by atoms with Gasteiger partial charge in [-0.2, -0.15) is 0 Å². The van der Waals surface area contributed by atoms with Gasteiger partial charge in [-0.05, 0) is 59.5 Å². The fourth-order valence-corrected chi connectivity index (χ4v) is 4.03. The van der Waals surface area contributed by atoms with Crippen molar-refractivity contribution in [2.45, 2.75) is 25.9 Å². The maximum Gasteiger partial charge on any atom is 0.251 e. The molecule has 0 saturated carbocycles. The Kier molecular flexibility index (Phi) is 8.61. The lowest BCUT2D eigenvalue weighted by Gasteiger charge is -2.22. The molecule has 4 aromatic rings. The van der Waals surface area contributed by atoms with Crippen LogP contribution < -0.4 is 10.2 Å². The van der Waals surface area contributed by atoms with Crippen molar-refractivity contribution in [1.29, 1.82) is 0 Å². The zero-order valence-corrected chi connectivity index (χ0v) is 20.7. The van der Waals surface area contributed by atoms with E-state index in [4.69, 9.17) is 0 Å². The highest BCUT2D eigenvalue weighted by Crippen LogP contribution is 2.21. The average Bonchev–Trinajstić information content (AvgIpc) is 2.92. The fourth-order valence-electron chi connectivity index (χ4n) is 4.03. The minimum Gasteiger partial charge on any atom is -0.349 e. The van der Waals surface area contributed by atoms with Crippen molar-refractivity contribution in [1.82, 2.24) is 5.32 Å². The van der Waals surface area contributed by atoms with Gasteiger partial charge < -0.3 is 10.2 Å². The molecular formula is C32H29FN2O2. The van der Waals surface area contributed by atoms with Gasteiger partial charge in [-0.3, -0.25) is 9.59 Å². The number of hydrogen-bond acceptors (Lipinski definition) is 2. The largest absolute Gasteiger partial charge is 0.349 e. The van der Waals surface area contributed by atoms with Crippen LogP contribution in [0.3, 0.4) is 0 Å². The second kappa shape index (κ2) is 12.5. The number of benzene rings is 4. The Balaban J connectivity index is 1.53. The van der Waals surface area contributed by atoms with Gasteiger partial charge in [0.25, 0.3) is 5.91 Å². The fraction of sp³-hybridized carbons (Fsp3) is 0.125. The number of carbonyl (C=O) groups excluding carboxylic acids is 2. The summed E-state index contributed by atoms with van der Waals surface area (Å²) < 4.78 is 13.5. The van der Waals surface area contributed by atoms with Gasteiger partial charge in [0.1, 0.15) is 5.82 Å². The molecule has 5 heteroatoms. The van der Waals surface area contributed by atoms with Crippen LogP contribution in [-0.4, -0.2) is 11.8 Å². The van der Waals surface area contributed by atoms with Crippen LogP contribution in [0.4, 0.5) is 10.1 Å². The first kappa shape index (κ1) is 25.6. The third-order valence-corrected chi connectivity index (χ3v) is 6.00. The summed E-state index contributed by atoms with van der Waals surface area (Å²) in [6, 6.07) is 32.8. The molecule has 186 valence electrons. The van der Waals surface area contributed by atoms with E-state index in [1.807, 2.05) is 91.9 Å². The maximum atomic E-state index is 13.5. The van der Waals surface area contributed by atoms with Gasteiger partial charge in [-0.25, -0.2) is 4.39 Å². The van der Waals surface area contributed by atoms with Crippen molar-refractivity contribution in [2.75, 3.05) is 4.90 Å². The van der Waals surface area contributed by atoms with Crippen LogP contribution >= 0.6 is 0 Å². The molecule has 4 aromatic carbocycles. The number of nitrogens with zero attached hydrogens (tertiary/aromatic N) is 1. The SMILES string of the molecule is CC(NC(=O)Cc1cccc(N(Cc2ccc(F)cc2)C(=O)/C=C/c2ccccc2)c1)c1ccccc1. The minimum atomic E-state index is -0.330. The van der Waals surface area contributed by atoms with E-state index < -0.39 is 0 Å². The third-order valence-electron chi connectivity index (χ3n) is 6.00. The summed E-state index contributed by atoms with van der Waals surface area (Å²) >= 11 is 0. The molecule has 1 N–H and O–H groups in total. The van der Waals surface area contributed by atoms with Gasteiger partial charge in [0.05, 0.1) is 19.0 Å². The van der Waals surface area contributed by atoms with E-state index >= 15 is 0 Å². The van der Waals surface area contributed by atoms with Crippen molar-refractivity contribution in [3.05, 3.63) is 143 Å². The average molecular weight is 493 g/mol. The van der Waals surface area contributed by atoms with E-state index in [1.54, 1.807) is 23.1 Å². The molecule has 0 bridgehead atoms. The summed E-state index contributed by atoms with van der Waals surface area (Å²) in [6.45, 7) is 2.21. The molecule has 0 radical (unpaired) electrons. The Bertz CT molecular complexity index is 1350. The van der Waals surface area contributed by atoms with E-state index in [0.717, 1.165) is 22.3 Å². The van der Waals surface area contributed by atoms with Crippen LogP contribution in [0, 0.1) is 5.82 Å². The summed E-state index contributed by atoms with van der Waals surface area (Å²) in [7, 11) is 0. The van der Waals surface area contributed by atoms with Gasteiger partial charge in [-0.15, -0.1) is 0 Å². The molecule has 0 spiro atoms. The highest BCUT2D eigenvalue weighted by molar-refractivity contribution is 6.03. The molecule has 0 aliphatic heterocycles. The number of amides is 2. The Morgan fingerprint density at radius 1 is 0.838 bits per heavy atom. The third kappa shape index (κ3) is 7.48. The standard InChI is InChI=1S/C32H29FN2O2/c1-24(28-12-6-3-7-13-28)34-31(36)22-27-11-8-14-30(21-27)35(23-26-15-18-29(33)19-16-26)32(37)20-17-25-9-4-2-5-10-25/h2-21,24H,22-23H2,1H3,(H,34,36)/b20-17+. The van der Waals surface area contributed by atoms with Crippen LogP contribution in [0.2, 0.25) is 0 Å². The lowest BCUT2D eigenvalue weighted by Crippen LogP contribution is -2.29. The van der Waals surface area contributed by atoms with E-state index in [0.29, 0.717) is 5.69 Å². The second-order valence-corrected chi connectivity index (χ2v) is 8.84.